The summed E-state index contributed by atoms with van der Waals surface area (Å²) in [5.41, 5.74) is -0.357. The molecule has 2 aromatic rings. The Hall–Kier alpha value is -1.89. The van der Waals surface area contributed by atoms with Crippen molar-refractivity contribution >= 4 is 20.7 Å². The van der Waals surface area contributed by atoms with Crippen LogP contribution < -0.4 is 11.2 Å². The number of nitrogens with one attached hydrogen (secondary N) is 1. The van der Waals surface area contributed by atoms with Crippen LogP contribution in [0.1, 0.15) is 6.42 Å². The van der Waals surface area contributed by atoms with E-state index in [9.17, 15) is 18.0 Å². The summed E-state index contributed by atoms with van der Waals surface area (Å²) in [6, 6.07) is 6.79. The zero-order valence-electron chi connectivity index (χ0n) is 10.7. The molecule has 0 saturated carbocycles. The van der Waals surface area contributed by atoms with Crippen LogP contribution in [-0.4, -0.2) is 29.5 Å². The number of rotatable bonds is 2. The first-order chi connectivity index (χ1) is 9.46. The van der Waals surface area contributed by atoms with Gasteiger partial charge in [0.1, 0.15) is 0 Å². The van der Waals surface area contributed by atoms with E-state index in [-0.39, 0.29) is 29.5 Å². The molecule has 1 saturated heterocycles. The number of aromatic nitrogens is 2. The Morgan fingerprint density at radius 3 is 2.70 bits per heavy atom. The minimum absolute atomic E-state index is 0.0473. The maximum Gasteiger partial charge on any atom is 0.328 e. The number of benzene rings is 1. The fraction of sp³-hybridized carbons (Fsp3) is 0.385. The fourth-order valence-corrected chi connectivity index (χ4v) is 4.49. The maximum atomic E-state index is 12.3. The maximum absolute atomic E-state index is 12.3. The standard InChI is InChI=1S/C13H14N2O4S/c16-12-10-3-1-2-4-11(10)14-13(17)15(12)7-9-5-6-20(18,19)8-9/h1-4,9H,5-8H2,(H,14,17)/t9-/m0/s1. The van der Waals surface area contributed by atoms with E-state index in [0.29, 0.717) is 17.3 Å². The summed E-state index contributed by atoms with van der Waals surface area (Å²) in [6.45, 7) is 0.151. The number of hydrogen-bond donors (Lipinski definition) is 1. The van der Waals surface area contributed by atoms with Crippen LogP contribution in [0.25, 0.3) is 10.9 Å². The summed E-state index contributed by atoms with van der Waals surface area (Å²) in [7, 11) is -3.01. The number of nitrogens with zero attached hydrogens (tertiary/aromatic N) is 1. The number of para-hydroxylation sites is 1. The van der Waals surface area contributed by atoms with Gasteiger partial charge in [-0.1, -0.05) is 12.1 Å². The van der Waals surface area contributed by atoms with Gasteiger partial charge in [0.05, 0.1) is 22.4 Å². The molecule has 1 aliphatic rings. The summed E-state index contributed by atoms with van der Waals surface area (Å²) >= 11 is 0. The highest BCUT2D eigenvalue weighted by atomic mass is 32.2. The lowest BCUT2D eigenvalue weighted by atomic mass is 10.1. The van der Waals surface area contributed by atoms with Crippen LogP contribution in [0.5, 0.6) is 0 Å². The van der Waals surface area contributed by atoms with Crippen molar-refractivity contribution in [3.05, 3.63) is 45.1 Å². The lowest BCUT2D eigenvalue weighted by molar-refractivity contribution is 0.468. The molecule has 0 aliphatic carbocycles. The lowest BCUT2D eigenvalue weighted by Crippen LogP contribution is -2.37. The number of aromatic amines is 1. The number of hydrogen-bond acceptors (Lipinski definition) is 4. The molecule has 7 heteroatoms. The average molecular weight is 294 g/mol. The van der Waals surface area contributed by atoms with Crippen molar-refractivity contribution in [2.45, 2.75) is 13.0 Å². The summed E-state index contributed by atoms with van der Waals surface area (Å²) in [4.78, 5) is 26.9. The van der Waals surface area contributed by atoms with Gasteiger partial charge in [-0.15, -0.1) is 0 Å². The van der Waals surface area contributed by atoms with Gasteiger partial charge in [0.25, 0.3) is 5.56 Å². The van der Waals surface area contributed by atoms with Crippen molar-refractivity contribution in [3.8, 4) is 0 Å². The quantitative estimate of drug-likeness (QED) is 0.852. The van der Waals surface area contributed by atoms with Gasteiger partial charge in [0, 0.05) is 6.54 Å². The Morgan fingerprint density at radius 2 is 2.00 bits per heavy atom. The van der Waals surface area contributed by atoms with Crippen molar-refractivity contribution in [2.75, 3.05) is 11.5 Å². The molecule has 1 aromatic heterocycles. The lowest BCUT2D eigenvalue weighted by Gasteiger charge is -2.10. The highest BCUT2D eigenvalue weighted by molar-refractivity contribution is 7.91. The van der Waals surface area contributed by atoms with Gasteiger partial charge in [0.15, 0.2) is 9.84 Å². The molecule has 1 aliphatic heterocycles. The Labute approximate surface area is 115 Å². The molecule has 1 aromatic carbocycles. The summed E-state index contributed by atoms with van der Waals surface area (Å²) in [6.07, 6.45) is 0.501. The largest absolute Gasteiger partial charge is 0.328 e. The predicted octanol–water partition coefficient (Wildman–Crippen LogP) is 0.125. The molecule has 0 amide bonds. The summed E-state index contributed by atoms with van der Waals surface area (Å²) < 4.78 is 24.0. The summed E-state index contributed by atoms with van der Waals surface area (Å²) in [5, 5.41) is 0.438. The molecule has 0 bridgehead atoms. The second-order valence-corrected chi connectivity index (χ2v) is 7.39. The van der Waals surface area contributed by atoms with Crippen LogP contribution in [0.4, 0.5) is 0 Å². The molecule has 0 spiro atoms. The van der Waals surface area contributed by atoms with E-state index in [1.807, 2.05) is 0 Å². The molecule has 0 radical (unpaired) electrons. The van der Waals surface area contributed by atoms with Crippen LogP contribution in [0.3, 0.4) is 0 Å². The van der Waals surface area contributed by atoms with E-state index in [4.69, 9.17) is 0 Å². The molecule has 6 nitrogen and oxygen atoms in total. The topological polar surface area (TPSA) is 89.0 Å². The molecule has 3 rings (SSSR count). The fourth-order valence-electron chi connectivity index (χ4n) is 2.64. The molecule has 1 atom stereocenters. The van der Waals surface area contributed by atoms with E-state index in [2.05, 4.69) is 4.98 Å². The van der Waals surface area contributed by atoms with E-state index >= 15 is 0 Å². The highest BCUT2D eigenvalue weighted by Crippen LogP contribution is 2.19. The molecule has 0 unspecified atom stereocenters. The average Bonchev–Trinajstić information content (AvgIpc) is 2.74. The Morgan fingerprint density at radius 1 is 1.25 bits per heavy atom. The van der Waals surface area contributed by atoms with Crippen molar-refractivity contribution in [2.24, 2.45) is 5.92 Å². The van der Waals surface area contributed by atoms with E-state index in [1.165, 1.54) is 0 Å². The minimum Gasteiger partial charge on any atom is -0.307 e. The van der Waals surface area contributed by atoms with Crippen molar-refractivity contribution in [3.63, 3.8) is 0 Å². The Kier molecular flexibility index (Phi) is 3.01. The zero-order chi connectivity index (χ0) is 14.3. The normalized spacial score (nSPS) is 21.3. The van der Waals surface area contributed by atoms with Crippen molar-refractivity contribution < 1.29 is 8.42 Å². The van der Waals surface area contributed by atoms with Gasteiger partial charge in [-0.2, -0.15) is 0 Å². The highest BCUT2D eigenvalue weighted by Gasteiger charge is 2.28. The third-order valence-electron chi connectivity index (χ3n) is 3.66. The van der Waals surface area contributed by atoms with Gasteiger partial charge in [0.2, 0.25) is 0 Å². The first-order valence-electron chi connectivity index (χ1n) is 6.38. The minimum atomic E-state index is -3.01. The molecule has 20 heavy (non-hydrogen) atoms. The van der Waals surface area contributed by atoms with E-state index in [0.717, 1.165) is 4.57 Å². The molecular weight excluding hydrogens is 280 g/mol. The number of H-pyrrole nitrogens is 1. The number of fused-ring (bicyclic) bond motifs is 1. The van der Waals surface area contributed by atoms with E-state index in [1.54, 1.807) is 24.3 Å². The van der Waals surface area contributed by atoms with Crippen LogP contribution in [0, 0.1) is 5.92 Å². The van der Waals surface area contributed by atoms with Crippen LogP contribution in [0.15, 0.2) is 33.9 Å². The van der Waals surface area contributed by atoms with Gasteiger partial charge in [-0.3, -0.25) is 9.36 Å². The second-order valence-electron chi connectivity index (χ2n) is 5.16. The van der Waals surface area contributed by atoms with Gasteiger partial charge < -0.3 is 4.98 Å². The molecule has 1 N–H and O–H groups in total. The predicted molar refractivity (Wildman–Crippen MR) is 75.6 cm³/mol. The van der Waals surface area contributed by atoms with Gasteiger partial charge in [-0.05, 0) is 24.5 Å². The van der Waals surface area contributed by atoms with Crippen LogP contribution >= 0.6 is 0 Å². The first kappa shape index (κ1) is 13.1. The third-order valence-corrected chi connectivity index (χ3v) is 5.49. The zero-order valence-corrected chi connectivity index (χ0v) is 11.5. The van der Waals surface area contributed by atoms with E-state index < -0.39 is 15.5 Å². The SMILES string of the molecule is O=c1[nH]c2ccccc2c(=O)n1C[C@@H]1CCS(=O)(=O)C1. The Balaban J connectivity index is 2.04. The third kappa shape index (κ3) is 2.29. The molecule has 2 heterocycles. The summed E-state index contributed by atoms with van der Waals surface area (Å²) in [5.74, 6) is 0.0174. The molecular formula is C13H14N2O4S. The van der Waals surface area contributed by atoms with Crippen LogP contribution in [0.2, 0.25) is 0 Å². The van der Waals surface area contributed by atoms with Gasteiger partial charge in [-0.25, -0.2) is 13.2 Å². The monoisotopic (exact) mass is 294 g/mol. The molecule has 1 fully saturated rings. The van der Waals surface area contributed by atoms with Gasteiger partial charge >= 0.3 is 5.69 Å². The molecule has 106 valence electrons. The Bertz CT molecular complexity index is 879. The second kappa shape index (κ2) is 4.59. The smallest absolute Gasteiger partial charge is 0.307 e. The first-order valence-corrected chi connectivity index (χ1v) is 8.21. The number of sulfone groups is 1. The van der Waals surface area contributed by atoms with Crippen molar-refractivity contribution in [1.82, 2.24) is 9.55 Å². The van der Waals surface area contributed by atoms with Crippen molar-refractivity contribution in [1.29, 1.82) is 0 Å². The van der Waals surface area contributed by atoms with Crippen LogP contribution in [-0.2, 0) is 16.4 Å².